The zero-order valence-corrected chi connectivity index (χ0v) is 3.22. The lowest BCUT2D eigenvalue weighted by Gasteiger charge is -1.90. The van der Waals surface area contributed by atoms with Crippen molar-refractivity contribution >= 4 is 0 Å². The zero-order chi connectivity index (χ0) is 3.98. The summed E-state index contributed by atoms with van der Waals surface area (Å²) in [6.45, 7) is 0.968. The normalized spacial score (nSPS) is 16.7. The van der Waals surface area contributed by atoms with Gasteiger partial charge in [0.15, 0.2) is 0 Å². The van der Waals surface area contributed by atoms with Crippen LogP contribution in [-0.2, 0) is 13.0 Å². The molecule has 0 fully saturated rings. The first-order chi connectivity index (χ1) is 2.95. The fraction of sp³-hybridized carbons (Fsp3) is 0.667. The lowest BCUT2D eigenvalue weighted by molar-refractivity contribution is 0.184. The second-order valence-electron chi connectivity index (χ2n) is 1.41. The monoisotopic (exact) mass is 84.0 g/mol. The molecule has 3 nitrogen and oxygen atoms in total. The molecule has 0 N–H and O–H groups in total. The molecule has 0 unspecified atom stereocenters. The van der Waals surface area contributed by atoms with Crippen LogP contribution in [0.4, 0.5) is 0 Å². The second-order valence-corrected chi connectivity index (χ2v) is 1.41. The Balaban J connectivity index is 2.64. The van der Waals surface area contributed by atoms with Crippen LogP contribution >= 0.6 is 0 Å². The van der Waals surface area contributed by atoms with Crippen molar-refractivity contribution in [2.24, 2.45) is 0 Å². The molecule has 3 heterocycles. The first kappa shape index (κ1) is 2.44. The van der Waals surface area contributed by atoms with Gasteiger partial charge in [0, 0.05) is 0 Å². The van der Waals surface area contributed by atoms with Crippen LogP contribution in [-0.4, -0.2) is 9.95 Å². The molecule has 0 atom stereocenters. The van der Waals surface area contributed by atoms with E-state index in [9.17, 15) is 0 Å². The van der Waals surface area contributed by atoms with Gasteiger partial charge < -0.3 is 4.52 Å². The summed E-state index contributed by atoms with van der Waals surface area (Å²) in [4.78, 5) is 1.59. The maximum absolute atomic E-state index is 4.83. The quantitative estimate of drug-likeness (QED) is 0.444. The van der Waals surface area contributed by atoms with Gasteiger partial charge in [-0.25, -0.2) is 0 Å². The Labute approximate surface area is 34.5 Å². The van der Waals surface area contributed by atoms with Gasteiger partial charge in [-0.05, 0) is 0 Å². The molecule has 0 saturated carbocycles. The van der Waals surface area contributed by atoms with E-state index in [1.807, 2.05) is 0 Å². The second kappa shape index (κ2) is 0.531. The number of rotatable bonds is 0. The zero-order valence-electron chi connectivity index (χ0n) is 3.22. The molecule has 1 aromatic heterocycles. The van der Waals surface area contributed by atoms with E-state index in [-0.39, 0.29) is 0 Å². The molecule has 32 valence electrons. The summed E-state index contributed by atoms with van der Waals surface area (Å²) in [5, 5.41) is 3.86. The van der Waals surface area contributed by atoms with E-state index < -0.39 is 0 Å². The van der Waals surface area contributed by atoms with Gasteiger partial charge in [0.1, 0.15) is 0 Å². The molecule has 3 rings (SSSR count). The van der Waals surface area contributed by atoms with Crippen molar-refractivity contribution in [1.29, 1.82) is 0 Å². The van der Waals surface area contributed by atoms with Gasteiger partial charge in [-0.1, -0.05) is 0 Å². The highest BCUT2D eigenvalue weighted by atomic mass is 16.5. The number of aromatic nitrogens is 2. The maximum atomic E-state index is 4.83. The van der Waals surface area contributed by atoms with Gasteiger partial charge >= 0.3 is 0 Å². The number of hydrogen-bond donors (Lipinski definition) is 0. The molecule has 2 aliphatic rings. The van der Waals surface area contributed by atoms with E-state index in [2.05, 4.69) is 5.10 Å². The van der Waals surface area contributed by atoms with Crippen molar-refractivity contribution < 1.29 is 4.52 Å². The average Bonchev–Trinajstić information content (AvgIpc) is 1.72. The van der Waals surface area contributed by atoms with Crippen LogP contribution in [0.15, 0.2) is 4.52 Å². The summed E-state index contributed by atoms with van der Waals surface area (Å²) in [6, 6.07) is 0. The molecular weight excluding hydrogens is 80.0 g/mol. The van der Waals surface area contributed by atoms with Crippen molar-refractivity contribution in [2.75, 3.05) is 0 Å². The highest BCUT2D eigenvalue weighted by molar-refractivity contribution is 4.78. The first-order valence-corrected chi connectivity index (χ1v) is 1.98. The van der Waals surface area contributed by atoms with E-state index in [1.54, 1.807) is 4.85 Å². The Bertz CT molecular complexity index is 127. The predicted octanol–water partition coefficient (Wildman–Crippen LogP) is 0.0322. The summed E-state index contributed by atoms with van der Waals surface area (Å²) >= 11 is 0. The van der Waals surface area contributed by atoms with Crippen LogP contribution in [0.1, 0.15) is 5.89 Å². The van der Waals surface area contributed by atoms with E-state index in [0.29, 0.717) is 0 Å². The summed E-state index contributed by atoms with van der Waals surface area (Å²) in [6.07, 6.45) is 1.01. The SMILES string of the molecule is C1Cn2nc1o2. The summed E-state index contributed by atoms with van der Waals surface area (Å²) in [5.74, 6) is 0.898. The van der Waals surface area contributed by atoms with Crippen molar-refractivity contribution in [3.05, 3.63) is 5.89 Å². The Hall–Kier alpha value is -0.730. The van der Waals surface area contributed by atoms with Crippen LogP contribution in [0.25, 0.3) is 0 Å². The van der Waals surface area contributed by atoms with Gasteiger partial charge in [0.2, 0.25) is 5.89 Å². The predicted molar refractivity (Wildman–Crippen MR) is 18.2 cm³/mol. The third-order valence-corrected chi connectivity index (χ3v) is 0.951. The minimum atomic E-state index is 0.898. The Kier molecular flexibility index (Phi) is 0.216. The van der Waals surface area contributed by atoms with Crippen molar-refractivity contribution in [2.45, 2.75) is 13.0 Å². The molecule has 0 saturated heterocycles. The third-order valence-electron chi connectivity index (χ3n) is 0.951. The molecule has 0 spiro atoms. The summed E-state index contributed by atoms with van der Waals surface area (Å²) in [5.41, 5.74) is 0. The molecular formula is C3H4N2O. The van der Waals surface area contributed by atoms with Crippen LogP contribution in [0.3, 0.4) is 0 Å². The summed E-state index contributed by atoms with van der Waals surface area (Å²) < 4.78 is 4.83. The molecule has 0 radical (unpaired) electrons. The Morgan fingerprint density at radius 2 is 2.67 bits per heavy atom. The lowest BCUT2D eigenvalue weighted by Crippen LogP contribution is -1.96. The molecule has 2 bridgehead atoms. The third kappa shape index (κ3) is 0.112. The van der Waals surface area contributed by atoms with E-state index >= 15 is 0 Å². The standard InChI is InChI=1S/C3H4N2O/c1-2-5-4-3(1)6-5/h1-2H2. The van der Waals surface area contributed by atoms with Crippen LogP contribution < -0.4 is 0 Å². The van der Waals surface area contributed by atoms with Gasteiger partial charge in [0.25, 0.3) is 0 Å². The van der Waals surface area contributed by atoms with E-state index in [0.717, 1.165) is 18.9 Å². The number of nitrogens with zero attached hydrogens (tertiary/aromatic N) is 2. The maximum Gasteiger partial charge on any atom is 0.246 e. The van der Waals surface area contributed by atoms with Gasteiger partial charge in [-0.3, -0.25) is 0 Å². The van der Waals surface area contributed by atoms with Crippen LogP contribution in [0.2, 0.25) is 0 Å². The molecule has 3 heteroatoms. The van der Waals surface area contributed by atoms with Gasteiger partial charge in [0.05, 0.1) is 13.0 Å². The van der Waals surface area contributed by atoms with Crippen molar-refractivity contribution in [3.8, 4) is 0 Å². The van der Waals surface area contributed by atoms with E-state index in [1.165, 1.54) is 0 Å². The first-order valence-electron chi connectivity index (χ1n) is 1.98. The summed E-state index contributed by atoms with van der Waals surface area (Å²) in [7, 11) is 0. The van der Waals surface area contributed by atoms with Gasteiger partial charge in [-0.2, -0.15) is 0 Å². The molecule has 0 aliphatic carbocycles. The number of aryl methyl sites for hydroxylation is 2. The number of fused-ring (bicyclic) bond motifs is 1. The van der Waals surface area contributed by atoms with E-state index in [4.69, 9.17) is 4.52 Å². The Morgan fingerprint density at radius 1 is 1.83 bits per heavy atom. The topological polar surface area (TPSA) is 31.0 Å². The highest BCUT2D eigenvalue weighted by Crippen LogP contribution is 2.08. The molecule has 2 aliphatic heterocycles. The molecule has 0 aromatic carbocycles. The molecule has 6 heavy (non-hydrogen) atoms. The molecule has 0 amide bonds. The fourth-order valence-electron chi connectivity index (χ4n) is 0.635. The molecule has 1 aromatic rings. The number of hydrogen-bond acceptors (Lipinski definition) is 2. The smallest absolute Gasteiger partial charge is 0.246 e. The largest absolute Gasteiger partial charge is 0.345 e. The van der Waals surface area contributed by atoms with Gasteiger partial charge in [-0.15, -0.1) is 9.95 Å². The van der Waals surface area contributed by atoms with Crippen molar-refractivity contribution in [3.63, 3.8) is 0 Å². The van der Waals surface area contributed by atoms with Crippen LogP contribution in [0.5, 0.6) is 0 Å². The van der Waals surface area contributed by atoms with Crippen molar-refractivity contribution in [1.82, 2.24) is 9.95 Å². The minimum absolute atomic E-state index is 0.898. The Morgan fingerprint density at radius 3 is 2.83 bits per heavy atom. The minimum Gasteiger partial charge on any atom is -0.345 e. The fourth-order valence-corrected chi connectivity index (χ4v) is 0.635. The van der Waals surface area contributed by atoms with Crippen LogP contribution in [0, 0.1) is 0 Å². The lowest BCUT2D eigenvalue weighted by atomic mass is 10.5. The average molecular weight is 84.1 g/mol. The highest BCUT2D eigenvalue weighted by Gasteiger charge is 2.14.